The predicted octanol–water partition coefficient (Wildman–Crippen LogP) is 2.23. The first kappa shape index (κ1) is 15.7. The third-order valence-corrected chi connectivity index (χ3v) is 3.18. The van der Waals surface area contributed by atoms with Gasteiger partial charge in [-0.2, -0.15) is 0 Å². The van der Waals surface area contributed by atoms with Crippen LogP contribution in [-0.4, -0.2) is 49.6 Å². The molecule has 108 valence electrons. The van der Waals surface area contributed by atoms with Crippen LogP contribution >= 0.6 is 0 Å². The molecule has 0 aromatic heterocycles. The molecule has 0 aliphatic carbocycles. The molecule has 1 heterocycles. The Balaban J connectivity index is 2.33. The highest BCUT2D eigenvalue weighted by molar-refractivity contribution is 4.84. The van der Waals surface area contributed by atoms with Crippen LogP contribution in [0.15, 0.2) is 0 Å². The second-order valence-electron chi connectivity index (χ2n) is 5.37. The van der Waals surface area contributed by atoms with E-state index < -0.39 is 6.36 Å². The summed E-state index contributed by atoms with van der Waals surface area (Å²) in [6.45, 7) is 7.98. The van der Waals surface area contributed by atoms with Crippen LogP contribution in [0.25, 0.3) is 0 Å². The van der Waals surface area contributed by atoms with Crippen molar-refractivity contribution in [2.75, 3.05) is 26.2 Å². The maximum absolute atomic E-state index is 11.9. The molecule has 1 saturated heterocycles. The molecule has 0 amide bonds. The van der Waals surface area contributed by atoms with E-state index in [1.54, 1.807) is 0 Å². The Morgan fingerprint density at radius 2 is 2.06 bits per heavy atom. The van der Waals surface area contributed by atoms with E-state index in [2.05, 4.69) is 28.8 Å². The second-order valence-corrected chi connectivity index (χ2v) is 5.37. The molecule has 0 saturated carbocycles. The highest BCUT2D eigenvalue weighted by Gasteiger charge is 2.30. The summed E-state index contributed by atoms with van der Waals surface area (Å²) in [5.41, 5.74) is 0. The normalized spacial score (nSPS) is 26.8. The zero-order valence-corrected chi connectivity index (χ0v) is 11.3. The summed E-state index contributed by atoms with van der Waals surface area (Å²) >= 11 is 0. The number of nitrogens with zero attached hydrogens (tertiary/aromatic N) is 1. The molecular formula is C12H23F3N2O. The van der Waals surface area contributed by atoms with Crippen molar-refractivity contribution in [1.29, 1.82) is 0 Å². The van der Waals surface area contributed by atoms with Crippen LogP contribution in [-0.2, 0) is 4.74 Å². The van der Waals surface area contributed by atoms with Gasteiger partial charge in [0.1, 0.15) is 0 Å². The molecule has 2 atom stereocenters. The summed E-state index contributed by atoms with van der Waals surface area (Å²) in [5.74, 6) is 0.587. The van der Waals surface area contributed by atoms with Gasteiger partial charge in [0.25, 0.3) is 0 Å². The molecule has 0 bridgehead atoms. The van der Waals surface area contributed by atoms with E-state index in [1.165, 1.54) is 0 Å². The van der Waals surface area contributed by atoms with Crippen molar-refractivity contribution in [1.82, 2.24) is 10.2 Å². The molecule has 6 heteroatoms. The van der Waals surface area contributed by atoms with Gasteiger partial charge in [-0.05, 0) is 19.3 Å². The van der Waals surface area contributed by atoms with Crippen LogP contribution in [0.3, 0.4) is 0 Å². The molecule has 0 spiro atoms. The number of ether oxygens (including phenoxy) is 1. The SMILES string of the molecule is CC(C)CC1CN(CCOC(F)(F)F)C(C)CN1. The van der Waals surface area contributed by atoms with Gasteiger partial charge in [0, 0.05) is 31.7 Å². The van der Waals surface area contributed by atoms with Gasteiger partial charge in [0.15, 0.2) is 0 Å². The summed E-state index contributed by atoms with van der Waals surface area (Å²) < 4.78 is 39.5. The average Bonchev–Trinajstić information content (AvgIpc) is 2.20. The van der Waals surface area contributed by atoms with Crippen molar-refractivity contribution in [2.45, 2.75) is 45.6 Å². The fourth-order valence-electron chi connectivity index (χ4n) is 2.31. The highest BCUT2D eigenvalue weighted by Crippen LogP contribution is 2.17. The Morgan fingerprint density at radius 3 is 2.61 bits per heavy atom. The molecule has 3 nitrogen and oxygen atoms in total. The molecule has 1 aliphatic heterocycles. The van der Waals surface area contributed by atoms with Crippen molar-refractivity contribution in [3.05, 3.63) is 0 Å². The number of nitrogens with one attached hydrogen (secondary N) is 1. The minimum absolute atomic E-state index is 0.255. The van der Waals surface area contributed by atoms with Crippen molar-refractivity contribution >= 4 is 0 Å². The molecule has 0 radical (unpaired) electrons. The van der Waals surface area contributed by atoms with Crippen LogP contribution in [0.2, 0.25) is 0 Å². The van der Waals surface area contributed by atoms with Gasteiger partial charge in [-0.15, -0.1) is 13.2 Å². The molecule has 1 fully saturated rings. The van der Waals surface area contributed by atoms with E-state index in [9.17, 15) is 13.2 Å². The largest absolute Gasteiger partial charge is 0.522 e. The topological polar surface area (TPSA) is 24.5 Å². The van der Waals surface area contributed by atoms with Gasteiger partial charge < -0.3 is 5.32 Å². The quantitative estimate of drug-likeness (QED) is 0.827. The Labute approximate surface area is 107 Å². The van der Waals surface area contributed by atoms with E-state index in [4.69, 9.17) is 0 Å². The third kappa shape index (κ3) is 6.02. The molecule has 1 rings (SSSR count). The van der Waals surface area contributed by atoms with E-state index in [0.717, 1.165) is 19.5 Å². The number of rotatable bonds is 5. The number of alkyl halides is 3. The standard InChI is InChI=1S/C12H23F3N2O/c1-9(2)6-11-8-17(10(3)7-16-11)4-5-18-12(13,14)15/h9-11,16H,4-8H2,1-3H3. The minimum Gasteiger partial charge on any atom is -0.311 e. The van der Waals surface area contributed by atoms with Gasteiger partial charge in [-0.1, -0.05) is 13.8 Å². The van der Waals surface area contributed by atoms with Crippen molar-refractivity contribution in [3.63, 3.8) is 0 Å². The second kappa shape index (κ2) is 6.73. The fourth-order valence-corrected chi connectivity index (χ4v) is 2.31. The van der Waals surface area contributed by atoms with Crippen molar-refractivity contribution in [2.24, 2.45) is 5.92 Å². The molecular weight excluding hydrogens is 245 g/mol. The number of hydrogen-bond donors (Lipinski definition) is 1. The summed E-state index contributed by atoms with van der Waals surface area (Å²) in [5, 5.41) is 3.43. The first-order chi connectivity index (χ1) is 8.28. The molecule has 0 aromatic rings. The summed E-state index contributed by atoms with van der Waals surface area (Å²) in [6.07, 6.45) is -3.47. The molecule has 2 unspecified atom stereocenters. The van der Waals surface area contributed by atoms with Crippen LogP contribution in [0.1, 0.15) is 27.2 Å². The summed E-state index contributed by atoms with van der Waals surface area (Å²) in [7, 11) is 0. The zero-order valence-electron chi connectivity index (χ0n) is 11.3. The molecule has 0 aromatic carbocycles. The monoisotopic (exact) mass is 268 g/mol. The lowest BCUT2D eigenvalue weighted by Gasteiger charge is -2.39. The van der Waals surface area contributed by atoms with Gasteiger partial charge >= 0.3 is 6.36 Å². The van der Waals surface area contributed by atoms with E-state index in [1.807, 2.05) is 6.92 Å². The zero-order chi connectivity index (χ0) is 13.8. The van der Waals surface area contributed by atoms with Gasteiger partial charge in [0.2, 0.25) is 0 Å². The Morgan fingerprint density at radius 1 is 1.39 bits per heavy atom. The lowest BCUT2D eigenvalue weighted by Crippen LogP contribution is -2.56. The Kier molecular flexibility index (Phi) is 5.88. The van der Waals surface area contributed by atoms with E-state index in [0.29, 0.717) is 18.5 Å². The minimum atomic E-state index is -4.52. The van der Waals surface area contributed by atoms with Crippen LogP contribution < -0.4 is 5.32 Å². The highest BCUT2D eigenvalue weighted by atomic mass is 19.4. The van der Waals surface area contributed by atoms with Gasteiger partial charge in [-0.3, -0.25) is 9.64 Å². The first-order valence-corrected chi connectivity index (χ1v) is 6.46. The summed E-state index contributed by atoms with van der Waals surface area (Å²) in [4.78, 5) is 2.06. The lowest BCUT2D eigenvalue weighted by molar-refractivity contribution is -0.325. The van der Waals surface area contributed by atoms with Crippen LogP contribution in [0.5, 0.6) is 0 Å². The van der Waals surface area contributed by atoms with Gasteiger partial charge in [0.05, 0.1) is 6.61 Å². The fraction of sp³-hybridized carbons (Fsp3) is 1.00. The van der Waals surface area contributed by atoms with E-state index >= 15 is 0 Å². The maximum Gasteiger partial charge on any atom is 0.522 e. The number of hydrogen-bond acceptors (Lipinski definition) is 3. The molecule has 1 aliphatic rings. The first-order valence-electron chi connectivity index (χ1n) is 6.46. The number of piperazine rings is 1. The number of halogens is 3. The Bertz CT molecular complexity index is 246. The molecule has 1 N–H and O–H groups in total. The summed E-state index contributed by atoms with van der Waals surface area (Å²) in [6, 6.07) is 0.623. The third-order valence-electron chi connectivity index (χ3n) is 3.18. The lowest BCUT2D eigenvalue weighted by atomic mass is 10.0. The maximum atomic E-state index is 11.9. The predicted molar refractivity (Wildman–Crippen MR) is 64.3 cm³/mol. The Hall–Kier alpha value is -0.330. The van der Waals surface area contributed by atoms with Crippen molar-refractivity contribution in [3.8, 4) is 0 Å². The van der Waals surface area contributed by atoms with Crippen LogP contribution in [0.4, 0.5) is 13.2 Å². The average molecular weight is 268 g/mol. The smallest absolute Gasteiger partial charge is 0.311 e. The van der Waals surface area contributed by atoms with Crippen molar-refractivity contribution < 1.29 is 17.9 Å². The molecule has 18 heavy (non-hydrogen) atoms. The van der Waals surface area contributed by atoms with Gasteiger partial charge in [-0.25, -0.2) is 0 Å². The van der Waals surface area contributed by atoms with E-state index in [-0.39, 0.29) is 12.6 Å². The van der Waals surface area contributed by atoms with Crippen LogP contribution in [0, 0.1) is 5.92 Å².